The highest BCUT2D eigenvalue weighted by atomic mass is 19.4. The van der Waals surface area contributed by atoms with E-state index in [1.807, 2.05) is 0 Å². The summed E-state index contributed by atoms with van der Waals surface area (Å²) in [5, 5.41) is 4.72. The first kappa shape index (κ1) is 23.1. The van der Waals surface area contributed by atoms with Gasteiger partial charge in [0.2, 0.25) is 0 Å². The maximum atomic E-state index is 13.8. The number of piperidine rings is 1. The summed E-state index contributed by atoms with van der Waals surface area (Å²) >= 11 is 0. The van der Waals surface area contributed by atoms with E-state index in [2.05, 4.69) is 9.58 Å². The first-order valence-corrected chi connectivity index (χ1v) is 13.2. The minimum Gasteiger partial charge on any atom is -0.331 e. The van der Waals surface area contributed by atoms with Crippen molar-refractivity contribution in [2.45, 2.75) is 75.5 Å². The lowest BCUT2D eigenvalue weighted by molar-refractivity contribution is -0.138. The van der Waals surface area contributed by atoms with Gasteiger partial charge >= 0.3 is 6.18 Å². The topological polar surface area (TPSA) is 41.4 Å². The molecule has 1 atom stereocenters. The van der Waals surface area contributed by atoms with Crippen molar-refractivity contribution in [2.75, 3.05) is 26.2 Å². The van der Waals surface area contributed by atoms with Gasteiger partial charge in [0.25, 0.3) is 5.91 Å². The highest BCUT2D eigenvalue weighted by Crippen LogP contribution is 2.45. The molecule has 35 heavy (non-hydrogen) atoms. The molecule has 6 rings (SSSR count). The van der Waals surface area contributed by atoms with Gasteiger partial charge in [-0.1, -0.05) is 18.2 Å². The summed E-state index contributed by atoms with van der Waals surface area (Å²) in [5.74, 6) is 1.06. The molecular formula is C27H33F3N4O. The zero-order valence-electron chi connectivity index (χ0n) is 20.0. The maximum absolute atomic E-state index is 13.8. The third kappa shape index (κ3) is 4.61. The minimum atomic E-state index is -4.44. The molecule has 5 nitrogen and oxygen atoms in total. The smallest absolute Gasteiger partial charge is 0.331 e. The Labute approximate surface area is 204 Å². The van der Waals surface area contributed by atoms with Crippen LogP contribution in [-0.2, 0) is 6.18 Å². The van der Waals surface area contributed by atoms with Gasteiger partial charge in [0.05, 0.1) is 35.1 Å². The highest BCUT2D eigenvalue weighted by molar-refractivity contribution is 5.96. The third-order valence-corrected chi connectivity index (χ3v) is 8.28. The van der Waals surface area contributed by atoms with E-state index in [9.17, 15) is 18.0 Å². The molecule has 1 aromatic carbocycles. The molecule has 2 saturated carbocycles. The van der Waals surface area contributed by atoms with Crippen LogP contribution in [-0.4, -0.2) is 51.7 Å². The summed E-state index contributed by atoms with van der Waals surface area (Å²) in [5.41, 5.74) is 1.18. The van der Waals surface area contributed by atoms with Gasteiger partial charge < -0.3 is 9.80 Å². The van der Waals surface area contributed by atoms with Crippen LogP contribution in [0.25, 0.3) is 0 Å². The van der Waals surface area contributed by atoms with E-state index in [1.54, 1.807) is 17.2 Å². The van der Waals surface area contributed by atoms with Gasteiger partial charge in [-0.15, -0.1) is 0 Å². The Kier molecular flexibility index (Phi) is 5.90. The summed E-state index contributed by atoms with van der Waals surface area (Å²) in [6, 6.07) is 5.44. The van der Waals surface area contributed by atoms with Crippen LogP contribution in [0.15, 0.2) is 30.5 Å². The number of carbonyl (C=O) groups excluding carboxylic acids is 1. The van der Waals surface area contributed by atoms with E-state index in [0.29, 0.717) is 36.9 Å². The number of likely N-dealkylation sites (tertiary alicyclic amines) is 2. The van der Waals surface area contributed by atoms with Crippen molar-refractivity contribution in [3.63, 3.8) is 0 Å². The Morgan fingerprint density at radius 2 is 1.71 bits per heavy atom. The van der Waals surface area contributed by atoms with Crippen molar-refractivity contribution >= 4 is 5.91 Å². The Bertz CT molecular complexity index is 1080. The van der Waals surface area contributed by atoms with Crippen LogP contribution in [0.2, 0.25) is 0 Å². The van der Waals surface area contributed by atoms with Crippen molar-refractivity contribution in [3.8, 4) is 0 Å². The molecule has 4 fully saturated rings. The third-order valence-electron chi connectivity index (χ3n) is 8.28. The highest BCUT2D eigenvalue weighted by Gasteiger charge is 2.42. The number of hydrogen-bond donors (Lipinski definition) is 0. The van der Waals surface area contributed by atoms with Gasteiger partial charge in [-0.05, 0) is 68.9 Å². The number of benzene rings is 1. The lowest BCUT2D eigenvalue weighted by atomic mass is 9.97. The molecule has 2 aliphatic carbocycles. The fourth-order valence-corrected chi connectivity index (χ4v) is 6.14. The number of rotatable bonds is 6. The summed E-state index contributed by atoms with van der Waals surface area (Å²) in [7, 11) is 0. The standard InChI is InChI=1S/C27H33F3N4O/c28-27(29,30)23-5-2-1-4-21(23)24-6-3-13-33(24)26(35)22-16-31-34(25(22)19-9-10-19)20-11-14-32(15-12-20)17-18-7-8-18/h1-2,4-5,16,18-20,24H,3,6-15,17H2. The summed E-state index contributed by atoms with van der Waals surface area (Å²) in [6.45, 7) is 3.82. The molecule has 0 N–H and O–H groups in total. The number of hydrogen-bond acceptors (Lipinski definition) is 3. The fraction of sp³-hybridized carbons (Fsp3) is 0.630. The van der Waals surface area contributed by atoms with Crippen LogP contribution in [0.3, 0.4) is 0 Å². The molecule has 2 saturated heterocycles. The van der Waals surface area contributed by atoms with Gasteiger partial charge in [-0.2, -0.15) is 18.3 Å². The number of nitrogens with zero attached hydrogens (tertiary/aromatic N) is 4. The molecule has 2 aromatic rings. The molecule has 188 valence electrons. The van der Waals surface area contributed by atoms with Crippen LogP contribution in [0.1, 0.15) is 96.5 Å². The van der Waals surface area contributed by atoms with Gasteiger partial charge in [-0.3, -0.25) is 9.48 Å². The zero-order valence-corrected chi connectivity index (χ0v) is 20.0. The molecule has 3 heterocycles. The lowest BCUT2D eigenvalue weighted by Crippen LogP contribution is -2.36. The van der Waals surface area contributed by atoms with E-state index in [-0.39, 0.29) is 11.5 Å². The zero-order chi connectivity index (χ0) is 24.2. The lowest BCUT2D eigenvalue weighted by Gasteiger charge is -2.33. The molecule has 0 bridgehead atoms. The van der Waals surface area contributed by atoms with Crippen LogP contribution in [0.4, 0.5) is 13.2 Å². The SMILES string of the molecule is O=C(c1cnn(C2CCN(CC3CC3)CC2)c1C1CC1)N1CCCC1c1ccccc1C(F)(F)F. The predicted molar refractivity (Wildman–Crippen MR) is 126 cm³/mol. The van der Waals surface area contributed by atoms with E-state index in [0.717, 1.165) is 56.5 Å². The second-order valence-corrected chi connectivity index (χ2v) is 10.9. The Morgan fingerprint density at radius 3 is 2.40 bits per heavy atom. The molecule has 8 heteroatoms. The van der Waals surface area contributed by atoms with Crippen molar-refractivity contribution in [1.82, 2.24) is 19.6 Å². The number of carbonyl (C=O) groups is 1. The van der Waals surface area contributed by atoms with Crippen LogP contribution in [0, 0.1) is 5.92 Å². The van der Waals surface area contributed by atoms with Gasteiger partial charge in [0.15, 0.2) is 0 Å². The number of aromatic nitrogens is 2. The van der Waals surface area contributed by atoms with Crippen LogP contribution >= 0.6 is 0 Å². The normalized spacial score (nSPS) is 24.3. The predicted octanol–water partition coefficient (Wildman–Crippen LogP) is 5.80. The van der Waals surface area contributed by atoms with Crippen molar-refractivity contribution in [1.29, 1.82) is 0 Å². The Morgan fingerprint density at radius 1 is 0.971 bits per heavy atom. The van der Waals surface area contributed by atoms with E-state index < -0.39 is 17.8 Å². The molecule has 0 radical (unpaired) electrons. The average Bonchev–Trinajstić information content (AvgIpc) is 3.77. The molecule has 2 aliphatic heterocycles. The Hall–Kier alpha value is -2.35. The molecular weight excluding hydrogens is 453 g/mol. The van der Waals surface area contributed by atoms with Crippen molar-refractivity contribution < 1.29 is 18.0 Å². The van der Waals surface area contributed by atoms with Crippen LogP contribution < -0.4 is 0 Å². The van der Waals surface area contributed by atoms with E-state index in [4.69, 9.17) is 5.10 Å². The summed E-state index contributed by atoms with van der Waals surface area (Å²) in [4.78, 5) is 18.0. The van der Waals surface area contributed by atoms with Gasteiger partial charge in [0, 0.05) is 32.1 Å². The quantitative estimate of drug-likeness (QED) is 0.518. The monoisotopic (exact) mass is 486 g/mol. The van der Waals surface area contributed by atoms with E-state index in [1.165, 1.54) is 31.5 Å². The summed E-state index contributed by atoms with van der Waals surface area (Å²) < 4.78 is 43.3. The van der Waals surface area contributed by atoms with E-state index >= 15 is 0 Å². The molecule has 1 aromatic heterocycles. The number of amides is 1. The largest absolute Gasteiger partial charge is 0.416 e. The molecule has 0 spiro atoms. The maximum Gasteiger partial charge on any atom is 0.416 e. The molecule has 4 aliphatic rings. The van der Waals surface area contributed by atoms with Crippen LogP contribution in [0.5, 0.6) is 0 Å². The van der Waals surface area contributed by atoms with Crippen molar-refractivity contribution in [2.24, 2.45) is 5.92 Å². The fourth-order valence-electron chi connectivity index (χ4n) is 6.14. The van der Waals surface area contributed by atoms with Gasteiger partial charge in [-0.25, -0.2) is 0 Å². The number of alkyl halides is 3. The minimum absolute atomic E-state index is 0.163. The number of halogens is 3. The summed E-state index contributed by atoms with van der Waals surface area (Å²) in [6.07, 6.45) is 5.40. The second kappa shape index (κ2) is 8.95. The van der Waals surface area contributed by atoms with Crippen molar-refractivity contribution in [3.05, 3.63) is 52.8 Å². The first-order chi connectivity index (χ1) is 16.9. The molecule has 1 amide bonds. The average molecular weight is 487 g/mol. The first-order valence-electron chi connectivity index (χ1n) is 13.2. The van der Waals surface area contributed by atoms with Gasteiger partial charge in [0.1, 0.15) is 0 Å². The Balaban J connectivity index is 1.24. The molecule has 1 unspecified atom stereocenters. The second-order valence-electron chi connectivity index (χ2n) is 10.9.